The number of aromatic nitrogens is 1. The molecule has 1 amide bonds. The van der Waals surface area contributed by atoms with Crippen LogP contribution in [0.5, 0.6) is 5.75 Å². The second-order valence-corrected chi connectivity index (χ2v) is 7.75. The van der Waals surface area contributed by atoms with Gasteiger partial charge in [-0.2, -0.15) is 0 Å². The number of carbonyl (C=O) groups is 2. The molecule has 0 fully saturated rings. The number of carboxylic acids is 1. The maximum atomic E-state index is 12.8. The third-order valence-electron chi connectivity index (χ3n) is 4.76. The lowest BCUT2D eigenvalue weighted by Crippen LogP contribution is -2.37. The van der Waals surface area contributed by atoms with Gasteiger partial charge in [-0.25, -0.2) is 4.79 Å². The fraction of sp³-hybridized carbons (Fsp3) is 0.250. The fourth-order valence-electron chi connectivity index (χ4n) is 3.12. The summed E-state index contributed by atoms with van der Waals surface area (Å²) in [6.07, 6.45) is 4.45. The van der Waals surface area contributed by atoms with E-state index in [-0.39, 0.29) is 11.9 Å². The Hall–Kier alpha value is -3.54. The van der Waals surface area contributed by atoms with Crippen molar-refractivity contribution in [3.8, 4) is 11.4 Å². The monoisotopic (exact) mass is 406 g/mol. The highest BCUT2D eigenvalue weighted by atomic mass is 16.5. The van der Waals surface area contributed by atoms with E-state index in [0.29, 0.717) is 17.7 Å². The molecule has 1 unspecified atom stereocenters. The van der Waals surface area contributed by atoms with Crippen molar-refractivity contribution in [1.82, 2.24) is 9.88 Å². The Morgan fingerprint density at radius 2 is 1.67 bits per heavy atom. The largest absolute Gasteiger partial charge is 0.478 e. The molecule has 0 aliphatic carbocycles. The molecule has 3 rings (SSSR count). The van der Waals surface area contributed by atoms with E-state index in [9.17, 15) is 9.59 Å². The minimum absolute atomic E-state index is 0.0857. The highest BCUT2D eigenvalue weighted by Crippen LogP contribution is 2.20. The van der Waals surface area contributed by atoms with Crippen molar-refractivity contribution in [2.45, 2.75) is 38.8 Å². The van der Waals surface area contributed by atoms with Gasteiger partial charge in [-0.15, -0.1) is 0 Å². The van der Waals surface area contributed by atoms with Crippen molar-refractivity contribution >= 4 is 11.9 Å². The summed E-state index contributed by atoms with van der Waals surface area (Å²) < 4.78 is 7.44. The van der Waals surface area contributed by atoms with Gasteiger partial charge in [0, 0.05) is 18.4 Å². The van der Waals surface area contributed by atoms with Crippen molar-refractivity contribution in [2.24, 2.45) is 0 Å². The first kappa shape index (κ1) is 21.2. The fourth-order valence-corrected chi connectivity index (χ4v) is 3.12. The smallest absolute Gasteiger partial charge is 0.347 e. The summed E-state index contributed by atoms with van der Waals surface area (Å²) in [6, 6.07) is 18.5. The van der Waals surface area contributed by atoms with Crippen molar-refractivity contribution in [3.63, 3.8) is 0 Å². The Bertz CT molecular complexity index is 1010. The summed E-state index contributed by atoms with van der Waals surface area (Å²) in [5.74, 6) is -0.665. The zero-order chi connectivity index (χ0) is 21.7. The van der Waals surface area contributed by atoms with Crippen molar-refractivity contribution in [2.75, 3.05) is 0 Å². The summed E-state index contributed by atoms with van der Waals surface area (Å²) in [4.78, 5) is 24.0. The number of benzene rings is 2. The highest BCUT2D eigenvalue weighted by molar-refractivity contribution is 5.98. The second-order valence-electron chi connectivity index (χ2n) is 7.75. The summed E-state index contributed by atoms with van der Waals surface area (Å²) in [6.45, 7) is 4.97. The predicted octanol–water partition coefficient (Wildman–Crippen LogP) is 4.08. The second kappa shape index (κ2) is 8.86. The molecule has 0 saturated heterocycles. The van der Waals surface area contributed by atoms with E-state index in [4.69, 9.17) is 9.84 Å². The molecule has 0 aliphatic heterocycles. The van der Waals surface area contributed by atoms with Gasteiger partial charge in [0.15, 0.2) is 5.60 Å². The zero-order valence-electron chi connectivity index (χ0n) is 17.3. The molecule has 3 aromatic rings. The first-order valence-corrected chi connectivity index (χ1v) is 9.81. The van der Waals surface area contributed by atoms with Crippen molar-refractivity contribution < 1.29 is 19.4 Å². The Labute approximate surface area is 176 Å². The van der Waals surface area contributed by atoms with Crippen LogP contribution in [0.3, 0.4) is 0 Å². The summed E-state index contributed by atoms with van der Waals surface area (Å²) in [5.41, 5.74) is 1.16. The first-order chi connectivity index (χ1) is 14.3. The van der Waals surface area contributed by atoms with Crippen LogP contribution in [0, 0.1) is 0 Å². The number of aliphatic carboxylic acids is 1. The van der Waals surface area contributed by atoms with E-state index >= 15 is 0 Å². The van der Waals surface area contributed by atoms with E-state index in [1.54, 1.807) is 12.1 Å². The van der Waals surface area contributed by atoms with Gasteiger partial charge in [-0.3, -0.25) is 4.79 Å². The third kappa shape index (κ3) is 5.08. The number of hydrogen-bond donors (Lipinski definition) is 2. The third-order valence-corrected chi connectivity index (χ3v) is 4.76. The number of nitrogens with zero attached hydrogens (tertiary/aromatic N) is 1. The molecule has 0 aliphatic rings. The van der Waals surface area contributed by atoms with E-state index in [0.717, 1.165) is 11.3 Å². The van der Waals surface area contributed by atoms with Crippen LogP contribution in [0.2, 0.25) is 0 Å². The number of carboxylic acid groups (broad SMARTS) is 1. The number of carbonyl (C=O) groups excluding carboxylic acids is 1. The van der Waals surface area contributed by atoms with Gasteiger partial charge >= 0.3 is 5.97 Å². The maximum Gasteiger partial charge on any atom is 0.347 e. The molecule has 1 atom stereocenters. The SMILES string of the molecule is CC(Cc1ccc(OC(C)(C)C(=O)O)cc1)NC(=O)c1ccccc1-n1cccc1. The number of rotatable bonds is 8. The quantitative estimate of drug-likeness (QED) is 0.591. The Balaban J connectivity index is 1.63. The molecule has 0 spiro atoms. The summed E-state index contributed by atoms with van der Waals surface area (Å²) >= 11 is 0. The summed E-state index contributed by atoms with van der Waals surface area (Å²) in [7, 11) is 0. The average Bonchev–Trinajstić information content (AvgIpc) is 3.24. The van der Waals surface area contributed by atoms with Crippen LogP contribution in [0.15, 0.2) is 73.1 Å². The molecule has 156 valence electrons. The number of hydrogen-bond acceptors (Lipinski definition) is 3. The van der Waals surface area contributed by atoms with E-state index in [1.807, 2.05) is 72.4 Å². The van der Waals surface area contributed by atoms with E-state index in [1.165, 1.54) is 13.8 Å². The molecule has 2 N–H and O–H groups in total. The number of nitrogens with one attached hydrogen (secondary N) is 1. The van der Waals surface area contributed by atoms with Gasteiger partial charge in [0.25, 0.3) is 5.91 Å². The van der Waals surface area contributed by atoms with Crippen LogP contribution in [-0.4, -0.2) is 33.2 Å². The average molecular weight is 406 g/mol. The van der Waals surface area contributed by atoms with Gasteiger partial charge in [0.2, 0.25) is 0 Å². The summed E-state index contributed by atoms with van der Waals surface area (Å²) in [5, 5.41) is 12.2. The predicted molar refractivity (Wildman–Crippen MR) is 115 cm³/mol. The lowest BCUT2D eigenvalue weighted by molar-refractivity contribution is -0.152. The van der Waals surface area contributed by atoms with Gasteiger partial charge in [0.05, 0.1) is 11.3 Å². The zero-order valence-corrected chi connectivity index (χ0v) is 17.3. The van der Waals surface area contributed by atoms with E-state index < -0.39 is 11.6 Å². The Morgan fingerprint density at radius 3 is 2.30 bits per heavy atom. The number of para-hydroxylation sites is 1. The lowest BCUT2D eigenvalue weighted by atomic mass is 10.1. The van der Waals surface area contributed by atoms with Crippen LogP contribution < -0.4 is 10.1 Å². The molecule has 1 aromatic heterocycles. The number of amides is 1. The molecule has 6 nitrogen and oxygen atoms in total. The van der Waals surface area contributed by atoms with Gasteiger partial charge in [-0.1, -0.05) is 24.3 Å². The molecule has 0 saturated carbocycles. The van der Waals surface area contributed by atoms with Crippen LogP contribution in [0.4, 0.5) is 0 Å². The number of ether oxygens (including phenoxy) is 1. The molecule has 6 heteroatoms. The molecular formula is C24H26N2O4. The Morgan fingerprint density at radius 1 is 1.03 bits per heavy atom. The van der Waals surface area contributed by atoms with Crippen molar-refractivity contribution in [1.29, 1.82) is 0 Å². The van der Waals surface area contributed by atoms with E-state index in [2.05, 4.69) is 5.32 Å². The highest BCUT2D eigenvalue weighted by Gasteiger charge is 2.29. The van der Waals surface area contributed by atoms with Crippen LogP contribution in [0.1, 0.15) is 36.7 Å². The van der Waals surface area contributed by atoms with Crippen LogP contribution in [-0.2, 0) is 11.2 Å². The van der Waals surface area contributed by atoms with Crippen molar-refractivity contribution in [3.05, 3.63) is 84.2 Å². The molecule has 1 heterocycles. The maximum absolute atomic E-state index is 12.8. The standard InChI is InChI=1S/C24H26N2O4/c1-17(16-18-10-12-19(13-11-18)30-24(2,3)23(28)29)25-22(27)20-8-4-5-9-21(20)26-14-6-7-15-26/h4-15,17H,16H2,1-3H3,(H,25,27)(H,28,29). The minimum atomic E-state index is -1.30. The van der Waals surface area contributed by atoms with Gasteiger partial charge < -0.3 is 19.7 Å². The first-order valence-electron chi connectivity index (χ1n) is 9.81. The topological polar surface area (TPSA) is 80.6 Å². The normalized spacial score (nSPS) is 12.2. The lowest BCUT2D eigenvalue weighted by Gasteiger charge is -2.21. The van der Waals surface area contributed by atoms with Crippen LogP contribution >= 0.6 is 0 Å². The molecule has 0 radical (unpaired) electrons. The van der Waals surface area contributed by atoms with Gasteiger partial charge in [-0.05, 0) is 69.2 Å². The van der Waals surface area contributed by atoms with Crippen LogP contribution in [0.25, 0.3) is 5.69 Å². The molecule has 30 heavy (non-hydrogen) atoms. The minimum Gasteiger partial charge on any atom is -0.478 e. The van der Waals surface area contributed by atoms with Gasteiger partial charge in [0.1, 0.15) is 5.75 Å². The molecule has 0 bridgehead atoms. The molecule has 2 aromatic carbocycles. The Kier molecular flexibility index (Phi) is 6.26. The molecular weight excluding hydrogens is 380 g/mol.